The van der Waals surface area contributed by atoms with E-state index in [-0.39, 0.29) is 5.75 Å². The van der Waals surface area contributed by atoms with Crippen molar-refractivity contribution in [3.63, 3.8) is 0 Å². The van der Waals surface area contributed by atoms with E-state index >= 15 is 0 Å². The Morgan fingerprint density at radius 3 is 2.95 bits per heavy atom. The third-order valence-electron chi connectivity index (χ3n) is 2.51. The first-order chi connectivity index (χ1) is 9.52. The number of nitrogens with zero attached hydrogens (tertiary/aromatic N) is 4. The molecule has 9 heteroatoms. The average molecular weight is 451 g/mol. The molecule has 0 spiro atoms. The summed E-state index contributed by atoms with van der Waals surface area (Å²) in [5, 5.41) is 21.7. The summed E-state index contributed by atoms with van der Waals surface area (Å²) in [6, 6.07) is 3.57. The van der Waals surface area contributed by atoms with Crippen molar-refractivity contribution in [3.05, 3.63) is 31.6 Å². The molecule has 0 aliphatic rings. The van der Waals surface area contributed by atoms with Crippen LogP contribution in [0.15, 0.2) is 21.7 Å². The molecule has 1 aromatic heterocycles. The lowest BCUT2D eigenvalue weighted by atomic mass is 10.2. The van der Waals surface area contributed by atoms with Crippen LogP contribution in [0.3, 0.4) is 0 Å². The monoisotopic (exact) mass is 450 g/mol. The number of aryl methyl sites for hydroxylation is 1. The molecule has 2 rings (SSSR count). The van der Waals surface area contributed by atoms with Crippen molar-refractivity contribution in [1.82, 2.24) is 14.9 Å². The molecule has 0 atom stereocenters. The number of hydrogen-bond donors (Lipinski definition) is 3. The number of phenolic OH excluding ortho intramolecular Hbond substituents is 1. The van der Waals surface area contributed by atoms with E-state index in [4.69, 9.17) is 5.84 Å². The number of aromatic hydroxyl groups is 1. The van der Waals surface area contributed by atoms with Gasteiger partial charge < -0.3 is 10.9 Å². The lowest BCUT2D eigenvalue weighted by Gasteiger charge is -2.03. The number of nitrogens with two attached hydrogens (primary N) is 1. The molecule has 20 heavy (non-hydrogen) atoms. The van der Waals surface area contributed by atoms with Gasteiger partial charge in [-0.1, -0.05) is 22.9 Å². The molecule has 0 bridgehead atoms. The van der Waals surface area contributed by atoms with Gasteiger partial charge in [0.05, 0.1) is 9.78 Å². The minimum Gasteiger partial charge on any atom is -0.506 e. The highest BCUT2D eigenvalue weighted by Crippen LogP contribution is 2.27. The second-order valence-corrected chi connectivity index (χ2v) is 5.94. The van der Waals surface area contributed by atoms with Gasteiger partial charge in [0.1, 0.15) is 5.75 Å². The number of hydrazone groups is 1. The number of rotatable bonds is 4. The molecule has 7 nitrogen and oxygen atoms in total. The number of nitrogens with one attached hydrogen (secondary N) is 1. The Morgan fingerprint density at radius 2 is 2.30 bits per heavy atom. The second kappa shape index (κ2) is 6.39. The van der Waals surface area contributed by atoms with Crippen LogP contribution in [0.4, 0.5) is 5.95 Å². The number of aromatic nitrogens is 3. The fraction of sp³-hybridized carbons (Fsp3) is 0.182. The van der Waals surface area contributed by atoms with Crippen LogP contribution in [0.25, 0.3) is 0 Å². The van der Waals surface area contributed by atoms with E-state index in [1.807, 2.05) is 35.6 Å². The largest absolute Gasteiger partial charge is 0.506 e. The second-order valence-electron chi connectivity index (χ2n) is 3.86. The van der Waals surface area contributed by atoms with Crippen LogP contribution in [0.1, 0.15) is 18.3 Å². The summed E-state index contributed by atoms with van der Waals surface area (Å²) in [6.45, 7) is 1.93. The lowest BCUT2D eigenvalue weighted by molar-refractivity contribution is 0.470. The van der Waals surface area contributed by atoms with Gasteiger partial charge in [-0.15, -0.1) is 10.2 Å². The van der Waals surface area contributed by atoms with Crippen LogP contribution in [-0.4, -0.2) is 26.2 Å². The van der Waals surface area contributed by atoms with E-state index in [1.54, 1.807) is 6.07 Å². The molecule has 0 aliphatic carbocycles. The number of nitrogen functional groups attached to an aromatic ring is 1. The first-order valence-electron chi connectivity index (χ1n) is 5.69. The Labute approximate surface area is 137 Å². The van der Waals surface area contributed by atoms with Gasteiger partial charge >= 0.3 is 0 Å². The van der Waals surface area contributed by atoms with Gasteiger partial charge in [0.2, 0.25) is 0 Å². The van der Waals surface area contributed by atoms with Gasteiger partial charge in [-0.05, 0) is 34.7 Å². The van der Waals surface area contributed by atoms with Crippen LogP contribution in [0.2, 0.25) is 0 Å². The van der Waals surface area contributed by atoms with E-state index in [1.165, 1.54) is 10.9 Å². The third-order valence-corrected chi connectivity index (χ3v) is 3.79. The molecule has 0 saturated heterocycles. The van der Waals surface area contributed by atoms with Crippen molar-refractivity contribution in [2.24, 2.45) is 5.10 Å². The Bertz CT molecular complexity index is 657. The maximum atomic E-state index is 9.91. The third kappa shape index (κ3) is 3.20. The first kappa shape index (κ1) is 15.0. The Balaban J connectivity index is 2.16. The number of hydrogen-bond acceptors (Lipinski definition) is 6. The van der Waals surface area contributed by atoms with Gasteiger partial charge in [-0.2, -0.15) is 5.10 Å². The summed E-state index contributed by atoms with van der Waals surface area (Å²) in [7, 11) is 0. The van der Waals surface area contributed by atoms with Crippen molar-refractivity contribution in [3.8, 4) is 5.75 Å². The van der Waals surface area contributed by atoms with E-state index in [0.717, 1.165) is 8.04 Å². The molecule has 2 aromatic rings. The highest BCUT2D eigenvalue weighted by Gasteiger charge is 2.07. The molecule has 106 valence electrons. The molecular formula is C11H12BrIN6O. The van der Waals surface area contributed by atoms with Crippen molar-refractivity contribution < 1.29 is 5.11 Å². The lowest BCUT2D eigenvalue weighted by Crippen LogP contribution is -2.14. The van der Waals surface area contributed by atoms with Crippen LogP contribution in [-0.2, 0) is 6.42 Å². The van der Waals surface area contributed by atoms with Crippen LogP contribution < -0.4 is 11.3 Å². The van der Waals surface area contributed by atoms with Gasteiger partial charge in [0.25, 0.3) is 5.95 Å². The summed E-state index contributed by atoms with van der Waals surface area (Å²) in [6.07, 6.45) is 2.17. The van der Waals surface area contributed by atoms with Crippen molar-refractivity contribution in [2.45, 2.75) is 13.3 Å². The van der Waals surface area contributed by atoms with E-state index < -0.39 is 0 Å². The predicted molar refractivity (Wildman–Crippen MR) is 89.3 cm³/mol. The minimum atomic E-state index is 0.169. The summed E-state index contributed by atoms with van der Waals surface area (Å²) in [5.74, 6) is 6.93. The van der Waals surface area contributed by atoms with Crippen molar-refractivity contribution in [1.29, 1.82) is 0 Å². The summed E-state index contributed by atoms with van der Waals surface area (Å²) in [5.41, 5.74) is 3.27. The topological polar surface area (TPSA) is 101 Å². The summed E-state index contributed by atoms with van der Waals surface area (Å²) in [4.78, 5) is 0. The zero-order valence-electron chi connectivity index (χ0n) is 10.5. The zero-order valence-corrected chi connectivity index (χ0v) is 14.3. The van der Waals surface area contributed by atoms with Gasteiger partial charge in [-0.3, -0.25) is 0 Å². The molecule has 0 saturated carbocycles. The molecule has 4 N–H and O–H groups in total. The smallest absolute Gasteiger partial charge is 0.263 e. The number of benzene rings is 1. The SMILES string of the molecule is CCc1nnc(N/N=C\c2cc(Br)cc(I)c2O)n1N. The number of phenols is 1. The summed E-state index contributed by atoms with van der Waals surface area (Å²) >= 11 is 5.41. The standard InChI is InChI=1S/C11H12BrIN6O/c1-2-9-16-18-11(19(9)14)17-15-5-6-3-7(12)4-8(13)10(6)20/h3-5,20H,2,14H2,1H3,(H,17,18)/b15-5-. The first-order valence-corrected chi connectivity index (χ1v) is 7.56. The van der Waals surface area contributed by atoms with Crippen LogP contribution in [0, 0.1) is 3.57 Å². The molecule has 0 amide bonds. The molecule has 0 fully saturated rings. The van der Waals surface area contributed by atoms with Crippen LogP contribution >= 0.6 is 38.5 Å². The Kier molecular flexibility index (Phi) is 4.81. The zero-order chi connectivity index (χ0) is 14.7. The van der Waals surface area contributed by atoms with Crippen LogP contribution in [0.5, 0.6) is 5.75 Å². The fourth-order valence-electron chi connectivity index (χ4n) is 1.48. The highest BCUT2D eigenvalue weighted by molar-refractivity contribution is 14.1. The molecule has 0 aliphatic heterocycles. The molecule has 0 unspecified atom stereocenters. The van der Waals surface area contributed by atoms with Crippen molar-refractivity contribution >= 4 is 50.7 Å². The number of anilines is 1. The quantitative estimate of drug-likeness (QED) is 0.286. The van der Waals surface area contributed by atoms with Gasteiger partial charge in [0, 0.05) is 16.5 Å². The average Bonchev–Trinajstić information content (AvgIpc) is 2.76. The fourth-order valence-corrected chi connectivity index (χ4v) is 3.04. The molecule has 1 heterocycles. The number of halogens is 2. The highest BCUT2D eigenvalue weighted by atomic mass is 127. The van der Waals surface area contributed by atoms with E-state index in [2.05, 4.69) is 36.7 Å². The molecule has 0 radical (unpaired) electrons. The normalized spacial score (nSPS) is 11.2. The Morgan fingerprint density at radius 1 is 1.55 bits per heavy atom. The summed E-state index contributed by atoms with van der Waals surface area (Å²) < 4.78 is 2.92. The van der Waals surface area contributed by atoms with Crippen molar-refractivity contribution in [2.75, 3.05) is 11.3 Å². The van der Waals surface area contributed by atoms with Gasteiger partial charge in [0.15, 0.2) is 5.82 Å². The Hall–Kier alpha value is -1.36. The molecule has 1 aromatic carbocycles. The molecular weight excluding hydrogens is 439 g/mol. The van der Waals surface area contributed by atoms with E-state index in [0.29, 0.717) is 23.8 Å². The maximum Gasteiger partial charge on any atom is 0.263 e. The van der Waals surface area contributed by atoms with E-state index in [9.17, 15) is 5.11 Å². The minimum absolute atomic E-state index is 0.169. The predicted octanol–water partition coefficient (Wildman–Crippen LogP) is 2.07. The van der Waals surface area contributed by atoms with Gasteiger partial charge in [-0.25, -0.2) is 10.1 Å². The maximum absolute atomic E-state index is 9.91.